The number of carbonyl (C=O) groups excluding carboxylic acids is 1. The number of nitrogens with one attached hydrogen (secondary N) is 2. The molecule has 1 aromatic rings. The number of anilines is 1. The molecule has 0 aliphatic carbocycles. The molecule has 6 heteroatoms. The van der Waals surface area contributed by atoms with Gasteiger partial charge in [0.15, 0.2) is 5.11 Å². The molecule has 0 saturated carbocycles. The van der Waals surface area contributed by atoms with Gasteiger partial charge in [-0.2, -0.15) is 0 Å². The molecule has 3 aliphatic heterocycles. The molecule has 1 unspecified atom stereocenters. The first kappa shape index (κ1) is 17.9. The van der Waals surface area contributed by atoms with E-state index in [0.717, 1.165) is 24.7 Å². The van der Waals surface area contributed by atoms with Crippen molar-refractivity contribution in [2.24, 2.45) is 11.8 Å². The van der Waals surface area contributed by atoms with Crippen LogP contribution in [0.1, 0.15) is 23.2 Å². The minimum Gasteiger partial charge on any atom is -0.465 e. The molecule has 134 valence electrons. The molecule has 3 fully saturated rings. The maximum atomic E-state index is 11.6. The number of methoxy groups -OCH3 is 1. The molecule has 5 nitrogen and oxygen atoms in total. The van der Waals surface area contributed by atoms with Crippen molar-refractivity contribution in [3.63, 3.8) is 0 Å². The van der Waals surface area contributed by atoms with Crippen LogP contribution in [0.25, 0.3) is 0 Å². The zero-order valence-electron chi connectivity index (χ0n) is 14.5. The Kier molecular flexibility index (Phi) is 5.71. The van der Waals surface area contributed by atoms with Crippen LogP contribution >= 0.6 is 12.2 Å². The first-order chi connectivity index (χ1) is 12.1. The lowest BCUT2D eigenvalue weighted by Gasteiger charge is -2.49. The Bertz CT molecular complexity index is 664. The fraction of sp³-hybridized carbons (Fsp3) is 0.474. The molecular formula is C19H25N3O2S. The van der Waals surface area contributed by atoms with E-state index in [2.05, 4.69) is 28.2 Å². The van der Waals surface area contributed by atoms with E-state index >= 15 is 0 Å². The summed E-state index contributed by atoms with van der Waals surface area (Å²) in [7, 11) is 1.37. The molecule has 1 aromatic carbocycles. The highest BCUT2D eigenvalue weighted by Crippen LogP contribution is 2.36. The summed E-state index contributed by atoms with van der Waals surface area (Å²) in [6.07, 6.45) is 4.58. The predicted molar refractivity (Wildman–Crippen MR) is 104 cm³/mol. The monoisotopic (exact) mass is 359 g/mol. The van der Waals surface area contributed by atoms with Crippen molar-refractivity contribution in [2.45, 2.75) is 18.9 Å². The molecular weight excluding hydrogens is 334 g/mol. The number of ether oxygens (including phenoxy) is 1. The Morgan fingerprint density at radius 2 is 2.36 bits per heavy atom. The minimum absolute atomic E-state index is 0.356. The molecule has 2 N–H and O–H groups in total. The van der Waals surface area contributed by atoms with Gasteiger partial charge in [-0.15, -0.1) is 6.58 Å². The van der Waals surface area contributed by atoms with Crippen molar-refractivity contribution in [1.82, 2.24) is 10.2 Å². The number of benzene rings is 1. The second-order valence-corrected chi connectivity index (χ2v) is 7.15. The van der Waals surface area contributed by atoms with Crippen LogP contribution in [0.2, 0.25) is 0 Å². The summed E-state index contributed by atoms with van der Waals surface area (Å²) >= 11 is 5.40. The number of thiocarbonyl (C=S) groups is 1. The maximum Gasteiger partial charge on any atom is 0.337 e. The van der Waals surface area contributed by atoms with Crippen LogP contribution in [0, 0.1) is 11.8 Å². The summed E-state index contributed by atoms with van der Waals surface area (Å²) in [5.41, 5.74) is 1.28. The highest BCUT2D eigenvalue weighted by molar-refractivity contribution is 7.80. The summed E-state index contributed by atoms with van der Waals surface area (Å²) in [5, 5.41) is 7.03. The van der Waals surface area contributed by atoms with Gasteiger partial charge in [0, 0.05) is 24.8 Å². The van der Waals surface area contributed by atoms with E-state index in [1.54, 1.807) is 18.2 Å². The third-order valence-corrected chi connectivity index (χ3v) is 5.52. The fourth-order valence-electron chi connectivity index (χ4n) is 3.89. The quantitative estimate of drug-likeness (QED) is 0.479. The zero-order valence-corrected chi connectivity index (χ0v) is 15.3. The molecule has 2 bridgehead atoms. The summed E-state index contributed by atoms with van der Waals surface area (Å²) < 4.78 is 4.74. The van der Waals surface area contributed by atoms with Gasteiger partial charge in [-0.05, 0) is 61.6 Å². The van der Waals surface area contributed by atoms with Gasteiger partial charge >= 0.3 is 5.97 Å². The first-order valence-electron chi connectivity index (χ1n) is 8.70. The Labute approximate surface area is 154 Å². The number of piperidine rings is 3. The van der Waals surface area contributed by atoms with Crippen LogP contribution < -0.4 is 10.6 Å². The highest BCUT2D eigenvalue weighted by Gasteiger charge is 2.38. The molecule has 0 spiro atoms. The van der Waals surface area contributed by atoms with E-state index in [4.69, 9.17) is 17.0 Å². The number of esters is 1. The van der Waals surface area contributed by atoms with Gasteiger partial charge in [-0.3, -0.25) is 4.90 Å². The lowest BCUT2D eigenvalue weighted by atomic mass is 9.76. The molecule has 4 atom stereocenters. The van der Waals surface area contributed by atoms with Gasteiger partial charge in [0.1, 0.15) is 0 Å². The standard InChI is InChI=1S/C19H25N3O2S/c1-3-13-12-22-8-7-14(13)10-17(22)11-20-19(25)21-16-6-4-5-15(9-16)18(23)24-2/h3-6,9,13-14,17H,1,7-8,10-12H2,2H3,(H2,20,21,25)/t13-,14-,17+/m0/s1. The van der Waals surface area contributed by atoms with E-state index in [1.165, 1.54) is 26.5 Å². The van der Waals surface area contributed by atoms with Crippen molar-refractivity contribution in [2.75, 3.05) is 32.1 Å². The van der Waals surface area contributed by atoms with E-state index in [1.807, 2.05) is 6.07 Å². The van der Waals surface area contributed by atoms with E-state index in [-0.39, 0.29) is 5.97 Å². The van der Waals surface area contributed by atoms with Crippen LogP contribution in [0.4, 0.5) is 5.69 Å². The maximum absolute atomic E-state index is 11.6. The van der Waals surface area contributed by atoms with Crippen LogP contribution in [0.3, 0.4) is 0 Å². The predicted octanol–water partition coefficient (Wildman–Crippen LogP) is 2.66. The second-order valence-electron chi connectivity index (χ2n) is 6.74. The Balaban J connectivity index is 1.51. The third kappa shape index (κ3) is 4.19. The summed E-state index contributed by atoms with van der Waals surface area (Å²) in [6, 6.07) is 7.66. The summed E-state index contributed by atoms with van der Waals surface area (Å²) in [4.78, 5) is 14.1. The molecule has 3 aliphatic rings. The molecule has 4 rings (SSSR count). The topological polar surface area (TPSA) is 53.6 Å². The smallest absolute Gasteiger partial charge is 0.337 e. The molecule has 25 heavy (non-hydrogen) atoms. The molecule has 0 radical (unpaired) electrons. The normalized spacial score (nSPS) is 27.4. The lowest BCUT2D eigenvalue weighted by molar-refractivity contribution is 0.0215. The largest absolute Gasteiger partial charge is 0.465 e. The van der Waals surface area contributed by atoms with Gasteiger partial charge in [-0.25, -0.2) is 4.79 Å². The highest BCUT2D eigenvalue weighted by atomic mass is 32.1. The van der Waals surface area contributed by atoms with Crippen molar-refractivity contribution in [3.8, 4) is 0 Å². The van der Waals surface area contributed by atoms with E-state index in [0.29, 0.717) is 22.6 Å². The van der Waals surface area contributed by atoms with Crippen LogP contribution in [-0.2, 0) is 4.74 Å². The zero-order chi connectivity index (χ0) is 17.8. The van der Waals surface area contributed by atoms with E-state index < -0.39 is 0 Å². The fourth-order valence-corrected chi connectivity index (χ4v) is 4.09. The van der Waals surface area contributed by atoms with Crippen molar-refractivity contribution in [1.29, 1.82) is 0 Å². The molecule has 0 amide bonds. The number of hydrogen-bond donors (Lipinski definition) is 2. The van der Waals surface area contributed by atoms with Crippen molar-refractivity contribution >= 4 is 29.0 Å². The number of rotatable bonds is 5. The minimum atomic E-state index is -0.356. The first-order valence-corrected chi connectivity index (χ1v) is 9.11. The Morgan fingerprint density at radius 1 is 1.52 bits per heavy atom. The van der Waals surface area contributed by atoms with Gasteiger partial charge in [0.2, 0.25) is 0 Å². The summed E-state index contributed by atoms with van der Waals surface area (Å²) in [5.74, 6) is 1.04. The van der Waals surface area contributed by atoms with Crippen LogP contribution in [0.15, 0.2) is 36.9 Å². The van der Waals surface area contributed by atoms with Gasteiger partial charge in [0.05, 0.1) is 12.7 Å². The lowest BCUT2D eigenvalue weighted by Crippen LogP contribution is -2.56. The van der Waals surface area contributed by atoms with Crippen molar-refractivity contribution < 1.29 is 9.53 Å². The number of carbonyl (C=O) groups is 1. The Morgan fingerprint density at radius 3 is 3.04 bits per heavy atom. The molecule has 3 heterocycles. The number of nitrogens with zero attached hydrogens (tertiary/aromatic N) is 1. The Hall–Kier alpha value is -1.92. The molecule has 0 aromatic heterocycles. The van der Waals surface area contributed by atoms with Gasteiger partial charge < -0.3 is 15.4 Å². The average Bonchev–Trinajstić information content (AvgIpc) is 2.66. The van der Waals surface area contributed by atoms with Crippen molar-refractivity contribution in [3.05, 3.63) is 42.5 Å². The SMILES string of the molecule is C=C[C@H]1CN2CC[C@H]1C[C@@H]2CNC(=S)Nc1cccc(C(=O)OC)c1. The second kappa shape index (κ2) is 7.97. The van der Waals surface area contributed by atoms with E-state index in [9.17, 15) is 4.79 Å². The molecule has 3 saturated heterocycles. The number of hydrogen-bond acceptors (Lipinski definition) is 4. The van der Waals surface area contributed by atoms with Gasteiger partial charge in [0.25, 0.3) is 0 Å². The third-order valence-electron chi connectivity index (χ3n) is 5.27. The summed E-state index contributed by atoms with van der Waals surface area (Å²) in [6.45, 7) is 7.09. The number of fused-ring (bicyclic) bond motifs is 3. The van der Waals surface area contributed by atoms with Crippen LogP contribution in [0.5, 0.6) is 0 Å². The van der Waals surface area contributed by atoms with Gasteiger partial charge in [-0.1, -0.05) is 12.1 Å². The average molecular weight is 359 g/mol. The van der Waals surface area contributed by atoms with Crippen LogP contribution in [-0.4, -0.2) is 48.8 Å².